The molecule has 2 N–H and O–H groups in total. The van der Waals surface area contributed by atoms with Crippen LogP contribution in [0.3, 0.4) is 0 Å². The van der Waals surface area contributed by atoms with Crippen LogP contribution in [0.15, 0.2) is 70.6 Å². The molecule has 33 heavy (non-hydrogen) atoms. The van der Waals surface area contributed by atoms with E-state index in [2.05, 4.69) is 9.71 Å². The van der Waals surface area contributed by atoms with Crippen LogP contribution >= 0.6 is 23.2 Å². The minimum Gasteiger partial charge on any atom is -0.506 e. The minimum atomic E-state index is -3.86. The van der Waals surface area contributed by atoms with E-state index in [1.54, 1.807) is 36.4 Å². The highest BCUT2D eigenvalue weighted by atomic mass is 35.5. The summed E-state index contributed by atoms with van der Waals surface area (Å²) in [6.45, 7) is 3.87. The van der Waals surface area contributed by atoms with E-state index in [4.69, 9.17) is 27.9 Å². The normalized spacial score (nSPS) is 14.7. The Morgan fingerprint density at radius 3 is 2.36 bits per heavy atom. The Morgan fingerprint density at radius 2 is 1.70 bits per heavy atom. The van der Waals surface area contributed by atoms with Crippen molar-refractivity contribution in [2.75, 3.05) is 4.72 Å². The number of nitrogens with one attached hydrogen (secondary N) is 1. The second-order valence-electron chi connectivity index (χ2n) is 7.97. The van der Waals surface area contributed by atoms with Crippen LogP contribution < -0.4 is 9.46 Å². The van der Waals surface area contributed by atoms with Crippen molar-refractivity contribution >= 4 is 56.9 Å². The van der Waals surface area contributed by atoms with Gasteiger partial charge in [-0.3, -0.25) is 9.71 Å². The molecule has 0 aliphatic carbocycles. The third-order valence-corrected chi connectivity index (χ3v) is 6.65. The Kier molecular flexibility index (Phi) is 6.14. The van der Waals surface area contributed by atoms with E-state index in [1.807, 2.05) is 26.0 Å². The molecule has 3 aromatic carbocycles. The topological polar surface area (TPSA) is 88.0 Å². The largest absolute Gasteiger partial charge is 0.506 e. The molecule has 3 aromatic rings. The van der Waals surface area contributed by atoms with Crippen molar-refractivity contribution in [3.8, 4) is 11.5 Å². The van der Waals surface area contributed by atoms with Gasteiger partial charge in [-0.05, 0) is 80.6 Å². The highest BCUT2D eigenvalue weighted by Gasteiger charge is 2.24. The van der Waals surface area contributed by atoms with Crippen molar-refractivity contribution in [3.63, 3.8) is 0 Å². The number of phenolic OH excluding ortho intramolecular Hbond substituents is 1. The van der Waals surface area contributed by atoms with Gasteiger partial charge in [0.15, 0.2) is 0 Å². The molecule has 170 valence electrons. The third kappa shape index (κ3) is 5.33. The quantitative estimate of drug-likeness (QED) is 0.393. The molecule has 1 heterocycles. The number of ether oxygens (including phenoxy) is 1. The Hall–Kier alpha value is -3.00. The first kappa shape index (κ1) is 23.2. The molecular weight excluding hydrogens is 483 g/mol. The van der Waals surface area contributed by atoms with Crippen LogP contribution in [0.2, 0.25) is 10.0 Å². The maximum atomic E-state index is 12.6. The number of hydrogen-bond acceptors (Lipinski definition) is 5. The van der Waals surface area contributed by atoms with E-state index in [0.29, 0.717) is 28.3 Å². The Bertz CT molecular complexity index is 1360. The zero-order valence-corrected chi connectivity index (χ0v) is 20.0. The van der Waals surface area contributed by atoms with E-state index in [0.717, 1.165) is 0 Å². The lowest BCUT2D eigenvalue weighted by atomic mass is 10.00. The third-order valence-electron chi connectivity index (χ3n) is 4.85. The highest BCUT2D eigenvalue weighted by molar-refractivity contribution is 7.92. The second-order valence-corrected chi connectivity index (χ2v) is 10.5. The van der Waals surface area contributed by atoms with Crippen molar-refractivity contribution in [2.24, 2.45) is 4.99 Å². The molecule has 0 saturated heterocycles. The van der Waals surface area contributed by atoms with E-state index < -0.39 is 15.6 Å². The number of hydrogen-bond donors (Lipinski definition) is 2. The van der Waals surface area contributed by atoms with Gasteiger partial charge in [-0.15, -0.1) is 0 Å². The molecule has 0 fully saturated rings. The lowest BCUT2D eigenvalue weighted by Gasteiger charge is -2.28. The molecule has 0 atom stereocenters. The van der Waals surface area contributed by atoms with Gasteiger partial charge in [0.05, 0.1) is 16.1 Å². The van der Waals surface area contributed by atoms with Crippen LogP contribution in [0.4, 0.5) is 11.4 Å². The van der Waals surface area contributed by atoms with Gasteiger partial charge in [0.1, 0.15) is 17.1 Å². The summed E-state index contributed by atoms with van der Waals surface area (Å²) in [6.07, 6.45) is 5.25. The maximum Gasteiger partial charge on any atom is 0.261 e. The van der Waals surface area contributed by atoms with Gasteiger partial charge in [-0.25, -0.2) is 8.42 Å². The number of rotatable bonds is 5. The molecule has 0 aromatic heterocycles. The molecule has 0 unspecified atom stereocenters. The molecule has 0 spiro atoms. The number of benzene rings is 3. The Labute approximate surface area is 202 Å². The monoisotopic (exact) mass is 502 g/mol. The Morgan fingerprint density at radius 1 is 1.03 bits per heavy atom. The van der Waals surface area contributed by atoms with Crippen LogP contribution in [0, 0.1) is 0 Å². The van der Waals surface area contributed by atoms with Crippen molar-refractivity contribution in [1.29, 1.82) is 0 Å². The van der Waals surface area contributed by atoms with Crippen molar-refractivity contribution < 1.29 is 18.3 Å². The average Bonchev–Trinajstić information content (AvgIpc) is 2.73. The van der Waals surface area contributed by atoms with Gasteiger partial charge in [0, 0.05) is 27.5 Å². The fourth-order valence-corrected chi connectivity index (χ4v) is 5.00. The zero-order chi connectivity index (χ0) is 23.8. The summed E-state index contributed by atoms with van der Waals surface area (Å²) in [6, 6.07) is 14.1. The van der Waals surface area contributed by atoms with Crippen LogP contribution in [0.5, 0.6) is 11.5 Å². The number of anilines is 1. The first-order chi connectivity index (χ1) is 15.5. The number of aliphatic imine (C=N–C) groups is 1. The molecule has 6 nitrogen and oxygen atoms in total. The Balaban J connectivity index is 1.50. The van der Waals surface area contributed by atoms with Crippen LogP contribution in [0.1, 0.15) is 25.0 Å². The van der Waals surface area contributed by atoms with Gasteiger partial charge in [-0.1, -0.05) is 23.2 Å². The fraction of sp³-hybridized carbons (Fsp3) is 0.125. The lowest BCUT2D eigenvalue weighted by Crippen LogP contribution is -2.27. The van der Waals surface area contributed by atoms with E-state index >= 15 is 0 Å². The minimum absolute atomic E-state index is 0.0357. The van der Waals surface area contributed by atoms with Crippen molar-refractivity contribution in [3.05, 3.63) is 81.8 Å². The number of phenols is 1. The summed E-state index contributed by atoms with van der Waals surface area (Å²) >= 11 is 11.8. The number of nitrogens with zero attached hydrogens (tertiary/aromatic N) is 1. The lowest BCUT2D eigenvalue weighted by molar-refractivity contribution is 0.158. The smallest absolute Gasteiger partial charge is 0.261 e. The first-order valence-corrected chi connectivity index (χ1v) is 12.1. The van der Waals surface area contributed by atoms with Gasteiger partial charge >= 0.3 is 0 Å². The predicted molar refractivity (Wildman–Crippen MR) is 133 cm³/mol. The summed E-state index contributed by atoms with van der Waals surface area (Å²) in [5, 5.41) is 11.0. The fourth-order valence-electron chi connectivity index (χ4n) is 3.22. The summed E-state index contributed by atoms with van der Waals surface area (Å²) in [7, 11) is -3.86. The SMILES string of the molecule is CC1(C)C=Cc2c(ccc(C=Nc3ccc(NS(=O)(=O)c4cc(Cl)cc(Cl)c4)cc3)c2O)O1. The molecule has 9 heteroatoms. The maximum absolute atomic E-state index is 12.6. The standard InChI is InChI=1S/C24H20Cl2N2O4S/c1-24(2)10-9-21-22(32-24)8-3-15(23(21)29)14-27-18-4-6-19(7-5-18)28-33(30,31)20-12-16(25)11-17(26)13-20/h3-14,28-29H,1-2H3. The summed E-state index contributed by atoms with van der Waals surface area (Å²) < 4.78 is 33.5. The van der Waals surface area contributed by atoms with E-state index in [-0.39, 0.29) is 20.7 Å². The van der Waals surface area contributed by atoms with Crippen LogP contribution in [-0.2, 0) is 10.0 Å². The number of fused-ring (bicyclic) bond motifs is 1. The summed E-state index contributed by atoms with van der Waals surface area (Å²) in [4.78, 5) is 4.34. The zero-order valence-electron chi connectivity index (χ0n) is 17.7. The van der Waals surface area contributed by atoms with Crippen LogP contribution in [-0.4, -0.2) is 25.3 Å². The predicted octanol–water partition coefficient (Wildman–Crippen LogP) is 6.43. The molecular formula is C24H20Cl2N2O4S. The summed E-state index contributed by atoms with van der Waals surface area (Å²) in [5.41, 5.74) is 1.63. The van der Waals surface area contributed by atoms with Crippen molar-refractivity contribution in [2.45, 2.75) is 24.3 Å². The second kappa shape index (κ2) is 8.74. The van der Waals surface area contributed by atoms with Gasteiger partial charge in [-0.2, -0.15) is 0 Å². The van der Waals surface area contributed by atoms with Gasteiger partial charge < -0.3 is 9.84 Å². The molecule has 0 amide bonds. The summed E-state index contributed by atoms with van der Waals surface area (Å²) in [5.74, 6) is 0.683. The van der Waals surface area contributed by atoms with Gasteiger partial charge in [0.2, 0.25) is 0 Å². The molecule has 1 aliphatic heterocycles. The van der Waals surface area contributed by atoms with E-state index in [1.165, 1.54) is 24.4 Å². The molecule has 0 radical (unpaired) electrons. The molecule has 0 saturated carbocycles. The first-order valence-electron chi connectivity index (χ1n) is 9.90. The van der Waals surface area contributed by atoms with Gasteiger partial charge in [0.25, 0.3) is 10.0 Å². The van der Waals surface area contributed by atoms with Crippen molar-refractivity contribution in [1.82, 2.24) is 0 Å². The number of sulfonamides is 1. The number of aromatic hydroxyl groups is 1. The van der Waals surface area contributed by atoms with Crippen LogP contribution in [0.25, 0.3) is 6.08 Å². The molecule has 0 bridgehead atoms. The number of halogens is 2. The average molecular weight is 503 g/mol. The van der Waals surface area contributed by atoms with E-state index in [9.17, 15) is 13.5 Å². The molecule has 4 rings (SSSR count). The highest BCUT2D eigenvalue weighted by Crippen LogP contribution is 2.38. The molecule has 1 aliphatic rings.